The quantitative estimate of drug-likeness (QED) is 0.609. The molecule has 0 aliphatic heterocycles. The lowest BCUT2D eigenvalue weighted by molar-refractivity contribution is 0.145. The Balaban J connectivity index is 2.33. The summed E-state index contributed by atoms with van der Waals surface area (Å²) in [5.41, 5.74) is 1.86. The van der Waals surface area contributed by atoms with Crippen LogP contribution in [0.5, 0.6) is 5.75 Å². The molecular formula is C16H9BrClNO3. The highest BCUT2D eigenvalue weighted by atomic mass is 79.9. The number of aromatic nitrogens is 1. The highest BCUT2D eigenvalue weighted by Gasteiger charge is 2.18. The van der Waals surface area contributed by atoms with Crippen LogP contribution in [0.2, 0.25) is 5.02 Å². The maximum absolute atomic E-state index is 11.0. The van der Waals surface area contributed by atoms with Gasteiger partial charge in [0.05, 0.1) is 11.2 Å². The van der Waals surface area contributed by atoms with Gasteiger partial charge in [-0.1, -0.05) is 57.9 Å². The van der Waals surface area contributed by atoms with Crippen LogP contribution in [-0.2, 0) is 0 Å². The molecule has 22 heavy (non-hydrogen) atoms. The number of hydrogen-bond acceptors (Lipinski definition) is 3. The monoisotopic (exact) mass is 377 g/mol. The molecule has 0 bridgehead atoms. The molecule has 1 aromatic heterocycles. The summed E-state index contributed by atoms with van der Waals surface area (Å²) in [5.74, 6) is 0.0827. The van der Waals surface area contributed by atoms with E-state index in [2.05, 4.69) is 20.9 Å². The SMILES string of the molecule is O=C(O)Oc1c(Cl)c(-c2ccccc2)nc2ccc(Br)cc12. The smallest absolute Gasteiger partial charge is 0.449 e. The van der Waals surface area contributed by atoms with Crippen LogP contribution >= 0.6 is 27.5 Å². The van der Waals surface area contributed by atoms with Crippen molar-refractivity contribution in [3.8, 4) is 17.0 Å². The van der Waals surface area contributed by atoms with Gasteiger partial charge in [-0.25, -0.2) is 9.78 Å². The van der Waals surface area contributed by atoms with Gasteiger partial charge in [0.1, 0.15) is 5.02 Å². The molecule has 1 heterocycles. The van der Waals surface area contributed by atoms with Gasteiger partial charge in [-0.15, -0.1) is 0 Å². The second-order valence-electron chi connectivity index (χ2n) is 4.50. The molecule has 6 heteroatoms. The van der Waals surface area contributed by atoms with Crippen molar-refractivity contribution in [2.75, 3.05) is 0 Å². The Morgan fingerprint density at radius 3 is 2.59 bits per heavy atom. The van der Waals surface area contributed by atoms with Crippen LogP contribution in [0.25, 0.3) is 22.2 Å². The minimum Gasteiger partial charge on any atom is -0.449 e. The van der Waals surface area contributed by atoms with Crippen molar-refractivity contribution in [3.63, 3.8) is 0 Å². The maximum atomic E-state index is 11.0. The highest BCUT2D eigenvalue weighted by molar-refractivity contribution is 9.10. The van der Waals surface area contributed by atoms with E-state index in [1.807, 2.05) is 36.4 Å². The third-order valence-electron chi connectivity index (χ3n) is 3.08. The Labute approximate surface area is 139 Å². The largest absolute Gasteiger partial charge is 0.511 e. The van der Waals surface area contributed by atoms with Gasteiger partial charge >= 0.3 is 6.16 Å². The number of benzene rings is 2. The summed E-state index contributed by atoms with van der Waals surface area (Å²) in [4.78, 5) is 15.5. The molecule has 0 saturated heterocycles. The van der Waals surface area contributed by atoms with Gasteiger partial charge in [0.25, 0.3) is 0 Å². The van der Waals surface area contributed by atoms with Crippen LogP contribution in [0.4, 0.5) is 4.79 Å². The minimum atomic E-state index is -1.42. The lowest BCUT2D eigenvalue weighted by Crippen LogP contribution is -2.05. The number of carbonyl (C=O) groups is 1. The van der Waals surface area contributed by atoms with Gasteiger partial charge in [-0.3, -0.25) is 0 Å². The van der Waals surface area contributed by atoms with Gasteiger partial charge in [0, 0.05) is 15.4 Å². The molecule has 2 aromatic carbocycles. The normalized spacial score (nSPS) is 10.6. The summed E-state index contributed by atoms with van der Waals surface area (Å²) < 4.78 is 5.68. The third-order valence-corrected chi connectivity index (χ3v) is 3.92. The molecule has 3 rings (SSSR count). The van der Waals surface area contributed by atoms with Crippen LogP contribution in [-0.4, -0.2) is 16.2 Å². The van der Waals surface area contributed by atoms with Crippen molar-refractivity contribution < 1.29 is 14.6 Å². The van der Waals surface area contributed by atoms with Gasteiger partial charge < -0.3 is 9.84 Å². The standard InChI is InChI=1S/C16H9BrClNO3/c17-10-6-7-12-11(8-10)15(22-16(20)21)13(18)14(19-12)9-4-2-1-3-5-9/h1-8H,(H,20,21). The zero-order chi connectivity index (χ0) is 15.7. The van der Waals surface area contributed by atoms with Crippen molar-refractivity contribution in [3.05, 3.63) is 58.0 Å². The van der Waals surface area contributed by atoms with Gasteiger partial charge in [0.2, 0.25) is 0 Å². The lowest BCUT2D eigenvalue weighted by Gasteiger charge is -2.12. The molecule has 0 atom stereocenters. The fourth-order valence-corrected chi connectivity index (χ4v) is 2.81. The molecule has 0 aliphatic carbocycles. The third kappa shape index (κ3) is 2.77. The first kappa shape index (κ1) is 14.8. The Kier molecular flexibility index (Phi) is 4.00. The summed E-state index contributed by atoms with van der Waals surface area (Å²) in [7, 11) is 0. The molecule has 1 N–H and O–H groups in total. The van der Waals surface area contributed by atoms with E-state index in [-0.39, 0.29) is 10.8 Å². The molecule has 0 aliphatic rings. The van der Waals surface area contributed by atoms with Crippen LogP contribution < -0.4 is 4.74 Å². The van der Waals surface area contributed by atoms with Crippen molar-refractivity contribution in [1.82, 2.24) is 4.98 Å². The van der Waals surface area contributed by atoms with Crippen LogP contribution in [0.15, 0.2) is 53.0 Å². The summed E-state index contributed by atoms with van der Waals surface area (Å²) >= 11 is 9.70. The van der Waals surface area contributed by atoms with Gasteiger partial charge in [0.15, 0.2) is 5.75 Å². The Morgan fingerprint density at radius 1 is 1.18 bits per heavy atom. The number of halogens is 2. The van der Waals surface area contributed by atoms with Crippen molar-refractivity contribution in [2.24, 2.45) is 0 Å². The molecular weight excluding hydrogens is 370 g/mol. The fourth-order valence-electron chi connectivity index (χ4n) is 2.16. The Bertz CT molecular complexity index is 868. The number of hydrogen-bond donors (Lipinski definition) is 1. The molecule has 0 amide bonds. The number of pyridine rings is 1. The first-order chi connectivity index (χ1) is 10.6. The summed E-state index contributed by atoms with van der Waals surface area (Å²) in [6.45, 7) is 0. The molecule has 3 aromatic rings. The molecule has 0 saturated carbocycles. The van der Waals surface area contributed by atoms with Crippen molar-refractivity contribution >= 4 is 44.6 Å². The summed E-state index contributed by atoms with van der Waals surface area (Å²) in [5, 5.41) is 9.66. The van der Waals surface area contributed by atoms with E-state index in [0.717, 1.165) is 10.0 Å². The number of fused-ring (bicyclic) bond motifs is 1. The van der Waals surface area contributed by atoms with Gasteiger partial charge in [-0.2, -0.15) is 0 Å². The molecule has 0 spiro atoms. The lowest BCUT2D eigenvalue weighted by atomic mass is 10.1. The number of nitrogens with zero attached hydrogens (tertiary/aromatic N) is 1. The molecule has 0 radical (unpaired) electrons. The Morgan fingerprint density at radius 2 is 1.91 bits per heavy atom. The Hall–Kier alpha value is -2.11. The molecule has 4 nitrogen and oxygen atoms in total. The van der Waals surface area contributed by atoms with E-state index in [1.165, 1.54) is 0 Å². The van der Waals surface area contributed by atoms with E-state index in [9.17, 15) is 4.79 Å². The van der Waals surface area contributed by atoms with Crippen molar-refractivity contribution in [1.29, 1.82) is 0 Å². The average molecular weight is 379 g/mol. The molecule has 0 fully saturated rings. The highest BCUT2D eigenvalue weighted by Crippen LogP contribution is 2.40. The topological polar surface area (TPSA) is 59.4 Å². The van der Waals surface area contributed by atoms with Crippen LogP contribution in [0, 0.1) is 0 Å². The predicted molar refractivity (Wildman–Crippen MR) is 88.5 cm³/mol. The number of rotatable bonds is 2. The first-order valence-electron chi connectivity index (χ1n) is 6.31. The van der Waals surface area contributed by atoms with E-state index >= 15 is 0 Å². The van der Waals surface area contributed by atoms with E-state index in [1.54, 1.807) is 12.1 Å². The van der Waals surface area contributed by atoms with Crippen LogP contribution in [0.3, 0.4) is 0 Å². The minimum absolute atomic E-state index is 0.0827. The zero-order valence-corrected chi connectivity index (χ0v) is 13.4. The first-order valence-corrected chi connectivity index (χ1v) is 7.48. The van der Waals surface area contributed by atoms with E-state index in [0.29, 0.717) is 16.6 Å². The van der Waals surface area contributed by atoms with E-state index < -0.39 is 6.16 Å². The van der Waals surface area contributed by atoms with Gasteiger partial charge in [-0.05, 0) is 18.2 Å². The summed E-state index contributed by atoms with van der Waals surface area (Å²) in [6.07, 6.45) is -1.42. The average Bonchev–Trinajstić information content (AvgIpc) is 2.51. The maximum Gasteiger partial charge on any atom is 0.511 e. The second-order valence-corrected chi connectivity index (χ2v) is 5.79. The number of ether oxygens (including phenoxy) is 1. The molecule has 110 valence electrons. The van der Waals surface area contributed by atoms with Crippen LogP contribution in [0.1, 0.15) is 0 Å². The second kappa shape index (κ2) is 5.94. The van der Waals surface area contributed by atoms with E-state index in [4.69, 9.17) is 21.4 Å². The zero-order valence-electron chi connectivity index (χ0n) is 11.1. The molecule has 0 unspecified atom stereocenters. The predicted octanol–water partition coefficient (Wildman–Crippen LogP) is 5.37. The van der Waals surface area contributed by atoms with Crippen molar-refractivity contribution in [2.45, 2.75) is 0 Å². The number of carboxylic acid groups (broad SMARTS) is 1. The summed E-state index contributed by atoms with van der Waals surface area (Å²) in [6, 6.07) is 14.6. The fraction of sp³-hybridized carbons (Fsp3) is 0.